The molecule has 2 fully saturated rings. The number of carbonyl (C=O) groups excluding carboxylic acids is 2. The van der Waals surface area contributed by atoms with Crippen LogP contribution in [-0.2, 0) is 18.9 Å². The van der Waals surface area contributed by atoms with E-state index >= 15 is 0 Å². The fourth-order valence-corrected chi connectivity index (χ4v) is 4.16. The molecule has 0 aliphatic carbocycles. The second-order valence-electron chi connectivity index (χ2n) is 10.2. The van der Waals surface area contributed by atoms with E-state index in [9.17, 15) is 9.59 Å². The van der Waals surface area contributed by atoms with Crippen molar-refractivity contribution in [2.24, 2.45) is 5.41 Å². The minimum atomic E-state index is -0.544. The Kier molecular flexibility index (Phi) is 6.35. The van der Waals surface area contributed by atoms with E-state index in [0.717, 1.165) is 11.9 Å². The van der Waals surface area contributed by atoms with Gasteiger partial charge in [-0.1, -0.05) is 51.1 Å². The summed E-state index contributed by atoms with van der Waals surface area (Å²) in [5.74, 6) is -0.0449. The molecule has 2 aliphatic rings. The topological polar surface area (TPSA) is 67.9 Å². The minimum Gasteiger partial charge on any atom is -0.399 e. The van der Waals surface area contributed by atoms with Crippen LogP contribution in [0.2, 0.25) is 0 Å². The van der Waals surface area contributed by atoms with Gasteiger partial charge in [-0.05, 0) is 45.5 Å². The Morgan fingerprint density at radius 2 is 1.83 bits per heavy atom. The average molecular weight is 414 g/mol. The fourth-order valence-electron chi connectivity index (χ4n) is 4.16. The van der Waals surface area contributed by atoms with Crippen LogP contribution in [0.4, 0.5) is 0 Å². The van der Waals surface area contributed by atoms with Crippen molar-refractivity contribution >= 4 is 24.4 Å². The largest absolute Gasteiger partial charge is 0.494 e. The van der Waals surface area contributed by atoms with Gasteiger partial charge in [-0.25, -0.2) is 0 Å². The molecule has 0 spiro atoms. The van der Waals surface area contributed by atoms with E-state index in [1.807, 2.05) is 71.9 Å². The van der Waals surface area contributed by atoms with E-state index in [-0.39, 0.29) is 17.9 Å². The number of rotatable bonds is 5. The quantitative estimate of drug-likeness (QED) is 0.752. The van der Waals surface area contributed by atoms with Crippen LogP contribution >= 0.6 is 0 Å². The SMILES string of the molecule is CC(C)(C)C(=O)N1CCCC1C(=O)NCCC1(C)OB(c2ccccc2)OC1(C)C. The van der Waals surface area contributed by atoms with Gasteiger partial charge in [0.1, 0.15) is 6.04 Å². The van der Waals surface area contributed by atoms with Crippen molar-refractivity contribution in [2.45, 2.75) is 78.0 Å². The lowest BCUT2D eigenvalue weighted by atomic mass is 9.79. The third kappa shape index (κ3) is 4.57. The van der Waals surface area contributed by atoms with Gasteiger partial charge in [0.15, 0.2) is 0 Å². The van der Waals surface area contributed by atoms with E-state index < -0.39 is 23.7 Å². The van der Waals surface area contributed by atoms with Crippen molar-refractivity contribution < 1.29 is 18.9 Å². The summed E-state index contributed by atoms with van der Waals surface area (Å²) >= 11 is 0. The van der Waals surface area contributed by atoms with E-state index in [0.29, 0.717) is 25.9 Å². The molecule has 6 nitrogen and oxygen atoms in total. The Hall–Kier alpha value is -1.86. The number of likely N-dealkylation sites (tertiary alicyclic amines) is 1. The maximum Gasteiger partial charge on any atom is 0.494 e. The van der Waals surface area contributed by atoms with Crippen LogP contribution in [0.25, 0.3) is 0 Å². The maximum absolute atomic E-state index is 12.8. The molecular weight excluding hydrogens is 379 g/mol. The summed E-state index contributed by atoms with van der Waals surface area (Å²) in [5.41, 5.74) is -0.542. The zero-order chi connectivity index (χ0) is 22.2. The molecule has 2 saturated heterocycles. The van der Waals surface area contributed by atoms with Crippen LogP contribution in [0.5, 0.6) is 0 Å². The number of amides is 2. The van der Waals surface area contributed by atoms with Crippen molar-refractivity contribution in [3.63, 3.8) is 0 Å². The molecule has 0 aromatic heterocycles. The molecule has 2 amide bonds. The first-order valence-corrected chi connectivity index (χ1v) is 10.9. The van der Waals surface area contributed by atoms with Crippen molar-refractivity contribution in [1.82, 2.24) is 10.2 Å². The van der Waals surface area contributed by atoms with Gasteiger partial charge in [0.2, 0.25) is 11.8 Å². The monoisotopic (exact) mass is 414 g/mol. The van der Waals surface area contributed by atoms with Crippen molar-refractivity contribution in [3.05, 3.63) is 30.3 Å². The van der Waals surface area contributed by atoms with Gasteiger partial charge in [0.05, 0.1) is 11.2 Å². The van der Waals surface area contributed by atoms with Gasteiger partial charge in [0.25, 0.3) is 0 Å². The Bertz CT molecular complexity index is 777. The molecule has 164 valence electrons. The van der Waals surface area contributed by atoms with Gasteiger partial charge < -0.3 is 19.5 Å². The first-order chi connectivity index (χ1) is 13.9. The number of carbonyl (C=O) groups is 2. The highest BCUT2D eigenvalue weighted by Crippen LogP contribution is 2.39. The smallest absolute Gasteiger partial charge is 0.399 e. The number of nitrogens with zero attached hydrogens (tertiary/aromatic N) is 1. The van der Waals surface area contributed by atoms with E-state index in [1.54, 1.807) is 4.90 Å². The van der Waals surface area contributed by atoms with Gasteiger partial charge in [0, 0.05) is 18.5 Å². The summed E-state index contributed by atoms with van der Waals surface area (Å²) in [6, 6.07) is 9.52. The molecule has 0 saturated carbocycles. The average Bonchev–Trinajstić information content (AvgIpc) is 3.24. The predicted molar refractivity (Wildman–Crippen MR) is 118 cm³/mol. The molecule has 2 heterocycles. The minimum absolute atomic E-state index is 0.0338. The van der Waals surface area contributed by atoms with Gasteiger partial charge in [-0.15, -0.1) is 0 Å². The zero-order valence-corrected chi connectivity index (χ0v) is 19.2. The summed E-state index contributed by atoms with van der Waals surface area (Å²) in [5, 5.41) is 3.04. The molecule has 1 aromatic carbocycles. The molecular formula is C23H35BN2O4. The summed E-state index contributed by atoms with van der Waals surface area (Å²) in [4.78, 5) is 27.3. The molecule has 1 aromatic rings. The number of benzene rings is 1. The molecule has 1 N–H and O–H groups in total. The van der Waals surface area contributed by atoms with E-state index in [1.165, 1.54) is 0 Å². The van der Waals surface area contributed by atoms with Gasteiger partial charge in [-0.3, -0.25) is 9.59 Å². The highest BCUT2D eigenvalue weighted by molar-refractivity contribution is 6.62. The number of hydrogen-bond acceptors (Lipinski definition) is 4. The van der Waals surface area contributed by atoms with Crippen molar-refractivity contribution in [2.75, 3.05) is 13.1 Å². The van der Waals surface area contributed by atoms with Crippen molar-refractivity contribution in [3.8, 4) is 0 Å². The third-order valence-corrected chi connectivity index (χ3v) is 6.47. The fraction of sp³-hybridized carbons (Fsp3) is 0.652. The molecule has 3 rings (SSSR count). The zero-order valence-electron chi connectivity index (χ0n) is 19.2. The lowest BCUT2D eigenvalue weighted by Gasteiger charge is -2.36. The predicted octanol–water partition coefficient (Wildman–Crippen LogP) is 2.51. The van der Waals surface area contributed by atoms with E-state index in [2.05, 4.69) is 5.32 Å². The maximum atomic E-state index is 12.8. The van der Waals surface area contributed by atoms with Crippen molar-refractivity contribution in [1.29, 1.82) is 0 Å². The lowest BCUT2D eigenvalue weighted by molar-refractivity contribution is -0.144. The highest BCUT2D eigenvalue weighted by atomic mass is 16.7. The number of nitrogens with one attached hydrogen (secondary N) is 1. The van der Waals surface area contributed by atoms with Crippen LogP contribution in [0, 0.1) is 5.41 Å². The van der Waals surface area contributed by atoms with Crippen LogP contribution < -0.4 is 10.8 Å². The first kappa shape index (κ1) is 22.8. The van der Waals surface area contributed by atoms with Crippen LogP contribution in [-0.4, -0.2) is 54.2 Å². The van der Waals surface area contributed by atoms with Gasteiger partial charge in [-0.2, -0.15) is 0 Å². The van der Waals surface area contributed by atoms with Crippen LogP contribution in [0.15, 0.2) is 30.3 Å². The van der Waals surface area contributed by atoms with Gasteiger partial charge >= 0.3 is 7.12 Å². The summed E-state index contributed by atoms with van der Waals surface area (Å²) in [6.45, 7) is 12.9. The molecule has 30 heavy (non-hydrogen) atoms. The highest BCUT2D eigenvalue weighted by Gasteiger charge is 2.54. The van der Waals surface area contributed by atoms with Crippen LogP contribution in [0.3, 0.4) is 0 Å². The number of hydrogen-bond donors (Lipinski definition) is 1. The molecule has 2 atom stereocenters. The summed E-state index contributed by atoms with van der Waals surface area (Å²) in [6.07, 6.45) is 2.20. The molecule has 0 radical (unpaired) electrons. The molecule has 0 bridgehead atoms. The summed E-state index contributed by atoms with van der Waals surface area (Å²) in [7, 11) is -0.420. The Morgan fingerprint density at radius 1 is 1.17 bits per heavy atom. The lowest BCUT2D eigenvalue weighted by Crippen LogP contribution is -2.51. The Labute approximate surface area is 180 Å². The second kappa shape index (κ2) is 8.35. The second-order valence-corrected chi connectivity index (χ2v) is 10.2. The molecule has 2 aliphatic heterocycles. The normalized spacial score (nSPS) is 26.1. The third-order valence-electron chi connectivity index (χ3n) is 6.47. The standard InChI is InChI=1S/C23H35BN2O4/c1-21(2,3)20(28)26-16-10-13-18(26)19(27)25-15-14-23(6)22(4,5)29-24(30-23)17-11-8-7-9-12-17/h7-9,11-12,18H,10,13-16H2,1-6H3,(H,25,27). The Balaban J connectivity index is 1.58. The van der Waals surface area contributed by atoms with E-state index in [4.69, 9.17) is 9.31 Å². The van der Waals surface area contributed by atoms with Crippen LogP contribution in [0.1, 0.15) is 60.8 Å². The first-order valence-electron chi connectivity index (χ1n) is 10.9. The summed E-state index contributed by atoms with van der Waals surface area (Å²) < 4.78 is 12.5. The Morgan fingerprint density at radius 3 is 2.47 bits per heavy atom. The molecule has 2 unspecified atom stereocenters. The molecule has 7 heteroatoms.